The lowest BCUT2D eigenvalue weighted by Crippen LogP contribution is -2.46. The van der Waals surface area contributed by atoms with Crippen LogP contribution in [-0.4, -0.2) is 42.4 Å². The van der Waals surface area contributed by atoms with Crippen molar-refractivity contribution in [2.75, 3.05) is 26.2 Å². The van der Waals surface area contributed by atoms with Gasteiger partial charge in [0.2, 0.25) is 0 Å². The Morgan fingerprint density at radius 3 is 2.38 bits per heavy atom. The molecule has 2 N–H and O–H groups in total. The maximum atomic E-state index is 13.9. The highest BCUT2D eigenvalue weighted by atomic mass is 35.5. The lowest BCUT2D eigenvalue weighted by Gasteiger charge is -2.35. The van der Waals surface area contributed by atoms with Crippen molar-refractivity contribution in [2.24, 2.45) is 0 Å². The van der Waals surface area contributed by atoms with Gasteiger partial charge in [0, 0.05) is 43.9 Å². The largest absolute Gasteiger partial charge is 0.508 e. The van der Waals surface area contributed by atoms with Gasteiger partial charge in [-0.05, 0) is 6.07 Å². The normalized spacial score (nSPS) is 18.1. The average Bonchev–Trinajstić information content (AvgIpc) is 2.36. The summed E-state index contributed by atoms with van der Waals surface area (Å²) in [4.78, 5) is 1.62. The third kappa shape index (κ3) is 5.01. The fourth-order valence-corrected chi connectivity index (χ4v) is 2.44. The molecule has 1 saturated heterocycles. The number of halogens is 5. The third-order valence-electron chi connectivity index (χ3n) is 3.36. The Morgan fingerprint density at radius 2 is 1.86 bits per heavy atom. The molecule has 0 unspecified atom stereocenters. The van der Waals surface area contributed by atoms with E-state index < -0.39 is 24.5 Å². The molecular formula is C13H17ClF4N2O. The summed E-state index contributed by atoms with van der Waals surface area (Å²) in [5.74, 6) is -1.10. The van der Waals surface area contributed by atoms with Gasteiger partial charge in [-0.25, -0.2) is 4.39 Å². The number of piperazine rings is 1. The number of phenols is 1. The van der Waals surface area contributed by atoms with E-state index in [0.29, 0.717) is 26.2 Å². The van der Waals surface area contributed by atoms with E-state index >= 15 is 0 Å². The Labute approximate surface area is 126 Å². The van der Waals surface area contributed by atoms with Crippen LogP contribution in [0.15, 0.2) is 18.2 Å². The molecule has 3 nitrogen and oxygen atoms in total. The van der Waals surface area contributed by atoms with Gasteiger partial charge in [-0.2, -0.15) is 13.2 Å². The summed E-state index contributed by atoms with van der Waals surface area (Å²) in [6.45, 7) is 2.02. The zero-order valence-corrected chi connectivity index (χ0v) is 12.0. The number of nitrogens with zero attached hydrogens (tertiary/aromatic N) is 1. The predicted molar refractivity (Wildman–Crippen MR) is 73.2 cm³/mol. The Kier molecular flexibility index (Phi) is 6.24. The minimum absolute atomic E-state index is 0. The number of benzene rings is 1. The maximum Gasteiger partial charge on any atom is 0.390 e. The fraction of sp³-hybridized carbons (Fsp3) is 0.538. The van der Waals surface area contributed by atoms with Crippen molar-refractivity contribution in [3.8, 4) is 5.75 Å². The lowest BCUT2D eigenvalue weighted by atomic mass is 10.00. The van der Waals surface area contributed by atoms with Crippen molar-refractivity contribution in [2.45, 2.75) is 18.6 Å². The van der Waals surface area contributed by atoms with Crippen molar-refractivity contribution in [1.82, 2.24) is 10.2 Å². The van der Waals surface area contributed by atoms with Crippen LogP contribution in [0.3, 0.4) is 0 Å². The van der Waals surface area contributed by atoms with E-state index in [9.17, 15) is 22.7 Å². The summed E-state index contributed by atoms with van der Waals surface area (Å²) in [6.07, 6.45) is -5.48. The topological polar surface area (TPSA) is 35.5 Å². The van der Waals surface area contributed by atoms with Gasteiger partial charge in [0.05, 0.1) is 6.42 Å². The summed E-state index contributed by atoms with van der Waals surface area (Å²) in [7, 11) is 0. The molecule has 1 aromatic rings. The summed E-state index contributed by atoms with van der Waals surface area (Å²) < 4.78 is 52.1. The molecule has 0 aliphatic carbocycles. The van der Waals surface area contributed by atoms with Gasteiger partial charge in [0.1, 0.15) is 11.6 Å². The van der Waals surface area contributed by atoms with Crippen LogP contribution in [-0.2, 0) is 0 Å². The van der Waals surface area contributed by atoms with Gasteiger partial charge >= 0.3 is 6.18 Å². The number of aromatic hydroxyl groups is 1. The van der Waals surface area contributed by atoms with Crippen molar-refractivity contribution >= 4 is 12.4 Å². The quantitative estimate of drug-likeness (QED) is 0.838. The molecule has 1 aromatic carbocycles. The Bertz CT molecular complexity index is 464. The van der Waals surface area contributed by atoms with Gasteiger partial charge in [-0.1, -0.05) is 6.07 Å². The SMILES string of the molecule is Cl.Oc1ccc([C@H](CC(F)(F)F)N2CCNCC2)c(F)c1. The maximum absolute atomic E-state index is 13.9. The smallest absolute Gasteiger partial charge is 0.390 e. The predicted octanol–water partition coefficient (Wildman–Crippen LogP) is 2.85. The molecule has 0 aromatic heterocycles. The molecule has 8 heteroatoms. The first-order valence-electron chi connectivity index (χ1n) is 6.37. The highest BCUT2D eigenvalue weighted by Crippen LogP contribution is 2.35. The minimum Gasteiger partial charge on any atom is -0.508 e. The summed E-state index contributed by atoms with van der Waals surface area (Å²) in [6, 6.07) is 2.23. The molecule has 1 atom stereocenters. The molecule has 1 aliphatic heterocycles. The molecular weight excluding hydrogens is 312 g/mol. The van der Waals surface area contributed by atoms with Crippen molar-refractivity contribution in [3.05, 3.63) is 29.6 Å². The molecule has 1 fully saturated rings. The van der Waals surface area contributed by atoms with Crippen LogP contribution in [0.5, 0.6) is 5.75 Å². The molecule has 1 aliphatic rings. The minimum atomic E-state index is -4.38. The van der Waals surface area contributed by atoms with Crippen LogP contribution in [0.25, 0.3) is 0 Å². The molecule has 1 heterocycles. The van der Waals surface area contributed by atoms with E-state index in [-0.39, 0.29) is 23.7 Å². The third-order valence-corrected chi connectivity index (χ3v) is 3.36. The highest BCUT2D eigenvalue weighted by molar-refractivity contribution is 5.85. The monoisotopic (exact) mass is 328 g/mol. The van der Waals surface area contributed by atoms with Crippen LogP contribution in [0.1, 0.15) is 18.0 Å². The van der Waals surface area contributed by atoms with E-state index in [1.54, 1.807) is 4.90 Å². The van der Waals surface area contributed by atoms with Crippen LogP contribution < -0.4 is 5.32 Å². The molecule has 0 radical (unpaired) electrons. The van der Waals surface area contributed by atoms with Crippen LogP contribution in [0.2, 0.25) is 0 Å². The molecule has 2 rings (SSSR count). The van der Waals surface area contributed by atoms with E-state index in [0.717, 1.165) is 6.07 Å². The molecule has 0 spiro atoms. The highest BCUT2D eigenvalue weighted by Gasteiger charge is 2.37. The summed E-state index contributed by atoms with van der Waals surface area (Å²) in [5, 5.41) is 12.2. The van der Waals surface area contributed by atoms with E-state index in [2.05, 4.69) is 5.32 Å². The van der Waals surface area contributed by atoms with Crippen molar-refractivity contribution < 1.29 is 22.7 Å². The molecule has 0 saturated carbocycles. The Morgan fingerprint density at radius 1 is 1.24 bits per heavy atom. The van der Waals surface area contributed by atoms with Gasteiger partial charge in [-0.3, -0.25) is 4.90 Å². The Hall–Kier alpha value is -1.05. The second-order valence-corrected chi connectivity index (χ2v) is 4.83. The number of hydrogen-bond donors (Lipinski definition) is 2. The van der Waals surface area contributed by atoms with E-state index in [4.69, 9.17) is 0 Å². The second kappa shape index (κ2) is 7.29. The average molecular weight is 329 g/mol. The van der Waals surface area contributed by atoms with E-state index in [1.165, 1.54) is 12.1 Å². The van der Waals surface area contributed by atoms with Gasteiger partial charge < -0.3 is 10.4 Å². The lowest BCUT2D eigenvalue weighted by molar-refractivity contribution is -0.149. The molecule has 21 heavy (non-hydrogen) atoms. The van der Waals surface area contributed by atoms with Crippen LogP contribution in [0.4, 0.5) is 17.6 Å². The number of nitrogens with one attached hydrogen (secondary N) is 1. The summed E-state index contributed by atoms with van der Waals surface area (Å²) >= 11 is 0. The first kappa shape index (κ1) is 18.0. The van der Waals surface area contributed by atoms with Crippen molar-refractivity contribution in [3.63, 3.8) is 0 Å². The summed E-state index contributed by atoms with van der Waals surface area (Å²) in [5.41, 5.74) is -0.0259. The molecule has 120 valence electrons. The molecule has 0 amide bonds. The van der Waals surface area contributed by atoms with Crippen LogP contribution in [0, 0.1) is 5.82 Å². The first-order chi connectivity index (χ1) is 9.37. The van der Waals surface area contributed by atoms with Gasteiger partial charge in [0.15, 0.2) is 0 Å². The Balaban J connectivity index is 0.00000220. The van der Waals surface area contributed by atoms with Gasteiger partial charge in [-0.15, -0.1) is 12.4 Å². The standard InChI is InChI=1S/C13H16F4N2O.ClH/c14-11-7-9(20)1-2-10(11)12(8-13(15,16)17)19-5-3-18-4-6-19;/h1-2,7,12,18,20H,3-6,8H2;1H/t12-;/m0./s1. The van der Waals surface area contributed by atoms with Gasteiger partial charge in [0.25, 0.3) is 0 Å². The number of phenolic OH excluding ortho intramolecular Hbond substituents is 1. The number of alkyl halides is 3. The second-order valence-electron chi connectivity index (χ2n) is 4.83. The fourth-order valence-electron chi connectivity index (χ4n) is 2.44. The van der Waals surface area contributed by atoms with E-state index in [1.807, 2.05) is 0 Å². The zero-order valence-electron chi connectivity index (χ0n) is 11.2. The van der Waals surface area contributed by atoms with Crippen LogP contribution >= 0.6 is 12.4 Å². The zero-order chi connectivity index (χ0) is 14.8. The number of rotatable bonds is 3. The number of hydrogen-bond acceptors (Lipinski definition) is 3. The molecule has 0 bridgehead atoms. The first-order valence-corrected chi connectivity index (χ1v) is 6.37. The van der Waals surface area contributed by atoms with Crippen molar-refractivity contribution in [1.29, 1.82) is 0 Å².